The quantitative estimate of drug-likeness (QED) is 0.0551. The van der Waals surface area contributed by atoms with Gasteiger partial charge in [-0.25, -0.2) is 12.6 Å². The van der Waals surface area contributed by atoms with Crippen molar-refractivity contribution in [2.45, 2.75) is 9.79 Å². The Labute approximate surface area is 296 Å². The van der Waals surface area contributed by atoms with Gasteiger partial charge in [-0.15, -0.1) is 0 Å². The van der Waals surface area contributed by atoms with Crippen LogP contribution in [0, 0.1) is 0 Å². The number of aliphatic imine (C=N–C) groups is 1. The number of nitrogens with zero attached hydrogens (tertiary/aromatic N) is 3. The van der Waals surface area contributed by atoms with Gasteiger partial charge in [0.15, 0.2) is 9.84 Å². The number of azo groups is 1. The first-order chi connectivity index (χ1) is 19.6. The fourth-order valence-electron chi connectivity index (χ4n) is 3.65. The topological polar surface area (TPSA) is 235 Å². The van der Waals surface area contributed by atoms with Gasteiger partial charge in [-0.3, -0.25) is 14.1 Å². The van der Waals surface area contributed by atoms with Gasteiger partial charge in [0.05, 0.1) is 34.3 Å². The fourth-order valence-corrected chi connectivity index (χ4v) is 5.85. The Balaban J connectivity index is 0.00000337. The molecule has 0 radical (unpaired) electrons. The van der Waals surface area contributed by atoms with E-state index in [1.165, 1.54) is 72.8 Å². The van der Waals surface area contributed by atoms with E-state index in [9.17, 15) is 40.0 Å². The molecular formula is C25H19N3Na2O11S3. The van der Waals surface area contributed by atoms with Gasteiger partial charge < -0.3 is 10.2 Å². The normalized spacial score (nSPS) is 12.5. The molecule has 0 saturated heterocycles. The van der Waals surface area contributed by atoms with E-state index in [1.54, 1.807) is 0 Å². The molecule has 0 unspecified atom stereocenters. The molecule has 44 heavy (non-hydrogen) atoms. The first-order valence-corrected chi connectivity index (χ1v) is 16.0. The molecule has 0 aliphatic rings. The van der Waals surface area contributed by atoms with Gasteiger partial charge in [-0.05, 0) is 59.3 Å². The SMILES string of the molecule is O=S(=O)(O)OCCS(=O)(=O)c1ccc(N=C([O-])c2ccc(N=Nc3cc(S(=O)(=O)O)c4ccccc4c3[O-])cc2)cc1.[Na+].[Na+]. The third kappa shape index (κ3) is 9.87. The van der Waals surface area contributed by atoms with E-state index in [2.05, 4.69) is 19.4 Å². The third-order valence-electron chi connectivity index (χ3n) is 5.61. The molecule has 19 heteroatoms. The number of hydrogen-bond acceptors (Lipinski definition) is 12. The van der Waals surface area contributed by atoms with Crippen LogP contribution in [0.25, 0.3) is 10.8 Å². The summed E-state index contributed by atoms with van der Waals surface area (Å²) in [6.45, 7) is -0.784. The van der Waals surface area contributed by atoms with Gasteiger partial charge in [-0.2, -0.15) is 27.1 Å². The van der Waals surface area contributed by atoms with Crippen molar-refractivity contribution >= 4 is 64.1 Å². The van der Waals surface area contributed by atoms with Crippen LogP contribution in [0.3, 0.4) is 0 Å². The summed E-state index contributed by atoms with van der Waals surface area (Å²) in [5.74, 6) is -1.99. The number of rotatable bonds is 10. The van der Waals surface area contributed by atoms with Crippen LogP contribution in [-0.4, -0.2) is 52.6 Å². The Hall–Kier alpha value is -2.26. The molecule has 4 aromatic carbocycles. The number of benzene rings is 4. The molecule has 4 rings (SSSR count). The molecule has 14 nitrogen and oxygen atoms in total. The summed E-state index contributed by atoms with van der Waals surface area (Å²) in [6, 6.07) is 17.1. The van der Waals surface area contributed by atoms with Crippen LogP contribution in [-0.2, 0) is 34.5 Å². The molecule has 0 fully saturated rings. The van der Waals surface area contributed by atoms with E-state index < -0.39 is 59.3 Å². The smallest absolute Gasteiger partial charge is 0.871 e. The Kier molecular flexibility index (Phi) is 13.2. The molecule has 0 aromatic heterocycles. The van der Waals surface area contributed by atoms with Crippen molar-refractivity contribution in [3.8, 4) is 5.75 Å². The predicted octanol–water partition coefficient (Wildman–Crippen LogP) is -3.38. The van der Waals surface area contributed by atoms with Crippen LogP contribution in [0.2, 0.25) is 0 Å². The van der Waals surface area contributed by atoms with Gasteiger partial charge in [0.25, 0.3) is 10.1 Å². The van der Waals surface area contributed by atoms with Crippen LogP contribution >= 0.6 is 0 Å². The number of sulfone groups is 1. The second kappa shape index (κ2) is 15.4. The minimum atomic E-state index is -4.78. The van der Waals surface area contributed by atoms with Crippen molar-refractivity contribution in [2.75, 3.05) is 12.4 Å². The van der Waals surface area contributed by atoms with Crippen molar-refractivity contribution in [2.24, 2.45) is 15.2 Å². The first kappa shape index (κ1) is 37.9. The summed E-state index contributed by atoms with van der Waals surface area (Å²) in [4.78, 5) is 3.22. The predicted molar refractivity (Wildman–Crippen MR) is 146 cm³/mol. The van der Waals surface area contributed by atoms with E-state index in [4.69, 9.17) is 4.55 Å². The average Bonchev–Trinajstić information content (AvgIpc) is 2.92. The summed E-state index contributed by atoms with van der Waals surface area (Å²) in [6.07, 6.45) is 0. The minimum Gasteiger partial charge on any atom is -0.871 e. The Morgan fingerprint density at radius 1 is 0.773 bits per heavy atom. The average molecular weight is 680 g/mol. The van der Waals surface area contributed by atoms with Crippen molar-refractivity contribution in [3.63, 3.8) is 0 Å². The van der Waals surface area contributed by atoms with Crippen molar-refractivity contribution in [1.29, 1.82) is 0 Å². The molecule has 0 spiro atoms. The largest absolute Gasteiger partial charge is 1.00 e. The number of hydrogen-bond donors (Lipinski definition) is 2. The van der Waals surface area contributed by atoms with Crippen LogP contribution in [0.15, 0.2) is 104 Å². The summed E-state index contributed by atoms with van der Waals surface area (Å²) in [7, 11) is -13.4. The van der Waals surface area contributed by atoms with Crippen molar-refractivity contribution in [3.05, 3.63) is 84.4 Å². The number of fused-ring (bicyclic) bond motifs is 1. The summed E-state index contributed by atoms with van der Waals surface area (Å²) in [5.41, 5.74) is 0.149. The van der Waals surface area contributed by atoms with Crippen LogP contribution in [0.5, 0.6) is 5.75 Å². The summed E-state index contributed by atoms with van der Waals surface area (Å²) in [5, 5.41) is 33.1. The van der Waals surface area contributed by atoms with E-state index >= 15 is 0 Å². The van der Waals surface area contributed by atoms with E-state index in [0.717, 1.165) is 6.07 Å². The van der Waals surface area contributed by atoms with Crippen molar-refractivity contribution < 1.29 is 108 Å². The van der Waals surface area contributed by atoms with E-state index in [-0.39, 0.29) is 97.4 Å². The van der Waals surface area contributed by atoms with Gasteiger partial charge in [0, 0.05) is 5.39 Å². The monoisotopic (exact) mass is 679 g/mol. The molecule has 0 saturated carbocycles. The molecule has 0 heterocycles. The Bertz CT molecular complexity index is 2040. The second-order valence-corrected chi connectivity index (χ2v) is 13.1. The molecule has 220 valence electrons. The van der Waals surface area contributed by atoms with Gasteiger partial charge in [-0.1, -0.05) is 42.1 Å². The minimum absolute atomic E-state index is 0. The third-order valence-corrected chi connectivity index (χ3v) is 8.67. The second-order valence-electron chi connectivity index (χ2n) is 8.47. The zero-order chi connectivity index (χ0) is 30.7. The standard InChI is InChI=1S/C25H21N3O11S3.2Na/c29-24-21-4-2-1-3-20(21)23(41(33,34)35)15-22(24)28-27-18-7-5-16(6-8-18)25(30)26-17-9-11-19(12-10-17)40(31,32)14-13-39-42(36,37)38;;/h1-12,15,29H,13-14H2,(H,26,30)(H,33,34,35)(H,36,37,38);;/q;2*+1/p-2. The maximum absolute atomic E-state index is 12.7. The maximum atomic E-state index is 12.7. The van der Waals surface area contributed by atoms with E-state index in [0.29, 0.717) is 0 Å². The molecule has 0 atom stereocenters. The van der Waals surface area contributed by atoms with Gasteiger partial charge >= 0.3 is 69.5 Å². The van der Waals surface area contributed by atoms with Crippen LogP contribution in [0.1, 0.15) is 5.56 Å². The summed E-state index contributed by atoms with van der Waals surface area (Å²) < 4.78 is 91.4. The summed E-state index contributed by atoms with van der Waals surface area (Å²) >= 11 is 0. The van der Waals surface area contributed by atoms with Gasteiger partial charge in [0.1, 0.15) is 4.90 Å². The molecule has 4 aromatic rings. The Morgan fingerprint density at radius 3 is 1.91 bits per heavy atom. The molecule has 2 N–H and O–H groups in total. The maximum Gasteiger partial charge on any atom is 1.00 e. The zero-order valence-electron chi connectivity index (χ0n) is 23.1. The van der Waals surface area contributed by atoms with Crippen molar-refractivity contribution in [1.82, 2.24) is 0 Å². The molecule has 0 bridgehead atoms. The fraction of sp³-hybridized carbons (Fsp3) is 0.0800. The Morgan fingerprint density at radius 2 is 1.34 bits per heavy atom. The van der Waals surface area contributed by atoms with Crippen LogP contribution in [0.4, 0.5) is 17.1 Å². The van der Waals surface area contributed by atoms with E-state index in [1.807, 2.05) is 0 Å². The van der Waals surface area contributed by atoms with Crippen LogP contribution < -0.4 is 69.3 Å². The first-order valence-electron chi connectivity index (χ1n) is 11.6. The molecule has 0 amide bonds. The van der Waals surface area contributed by atoms with Gasteiger partial charge in [0.2, 0.25) is 0 Å². The molecule has 0 aliphatic carbocycles. The molecular weight excluding hydrogens is 660 g/mol. The zero-order valence-corrected chi connectivity index (χ0v) is 29.5. The molecule has 0 aliphatic heterocycles.